The largest absolute Gasteiger partial charge is 0.480 e. The summed E-state index contributed by atoms with van der Waals surface area (Å²) in [5.74, 6) is -2.13. The molecule has 1 heterocycles. The van der Waals surface area contributed by atoms with Crippen molar-refractivity contribution >= 4 is 21.7 Å². The molecule has 1 aliphatic rings. The lowest BCUT2D eigenvalue weighted by Gasteiger charge is -2.27. The van der Waals surface area contributed by atoms with E-state index in [-0.39, 0.29) is 25.4 Å². The summed E-state index contributed by atoms with van der Waals surface area (Å²) in [5.41, 5.74) is 4.78. The second-order valence-electron chi connectivity index (χ2n) is 5.32. The van der Waals surface area contributed by atoms with Crippen molar-refractivity contribution < 1.29 is 27.9 Å². The molecule has 116 valence electrons. The van der Waals surface area contributed by atoms with Crippen LogP contribution in [0.25, 0.3) is 0 Å². The minimum atomic E-state index is -3.30. The first-order chi connectivity index (χ1) is 9.06. The number of hydrogen-bond donors (Lipinski definition) is 3. The van der Waals surface area contributed by atoms with Gasteiger partial charge < -0.3 is 20.9 Å². The Kier molecular flexibility index (Phi) is 5.11. The summed E-state index contributed by atoms with van der Waals surface area (Å²) in [6.07, 6.45) is 0.821. The Bertz CT molecular complexity index is 491. The number of aliphatic carboxylic acids is 1. The van der Waals surface area contributed by atoms with Crippen molar-refractivity contribution in [3.63, 3.8) is 0 Å². The van der Waals surface area contributed by atoms with Gasteiger partial charge in [0.25, 0.3) is 0 Å². The lowest BCUT2D eigenvalue weighted by molar-refractivity contribution is -0.143. The van der Waals surface area contributed by atoms with Crippen molar-refractivity contribution in [1.82, 2.24) is 5.32 Å². The summed E-state index contributed by atoms with van der Waals surface area (Å²) in [7, 11) is -3.30. The van der Waals surface area contributed by atoms with Crippen LogP contribution in [-0.2, 0) is 24.2 Å². The molecule has 0 aromatic rings. The molecule has 3 atom stereocenters. The van der Waals surface area contributed by atoms with Crippen LogP contribution in [0.2, 0.25) is 0 Å². The quantitative estimate of drug-likeness (QED) is 0.535. The van der Waals surface area contributed by atoms with E-state index in [1.807, 2.05) is 0 Å². The number of rotatable bonds is 6. The van der Waals surface area contributed by atoms with Crippen molar-refractivity contribution in [2.45, 2.75) is 25.4 Å². The number of ether oxygens (including phenoxy) is 1. The molecule has 0 saturated carbocycles. The zero-order valence-corrected chi connectivity index (χ0v) is 12.3. The molecule has 1 fully saturated rings. The second-order valence-corrected chi connectivity index (χ2v) is 7.58. The van der Waals surface area contributed by atoms with E-state index in [0.717, 1.165) is 6.26 Å². The zero-order valence-electron chi connectivity index (χ0n) is 11.5. The lowest BCUT2D eigenvalue weighted by atomic mass is 9.84. The SMILES string of the molecule is CC1(C(=O)NC(CCS(C)(=O)=O)C(=O)O)COCC1N. The molecule has 0 aliphatic carbocycles. The number of carbonyl (C=O) groups excluding carboxylic acids is 1. The number of carboxylic acid groups (broad SMARTS) is 1. The van der Waals surface area contributed by atoms with Gasteiger partial charge in [-0.1, -0.05) is 0 Å². The van der Waals surface area contributed by atoms with Crippen molar-refractivity contribution in [1.29, 1.82) is 0 Å². The number of carbonyl (C=O) groups is 2. The van der Waals surface area contributed by atoms with Gasteiger partial charge in [0.05, 0.1) is 24.4 Å². The molecular weight excluding hydrogens is 288 g/mol. The maximum Gasteiger partial charge on any atom is 0.326 e. The van der Waals surface area contributed by atoms with Gasteiger partial charge >= 0.3 is 5.97 Å². The van der Waals surface area contributed by atoms with Crippen LogP contribution in [0.3, 0.4) is 0 Å². The summed E-state index contributed by atoms with van der Waals surface area (Å²) < 4.78 is 27.3. The summed E-state index contributed by atoms with van der Waals surface area (Å²) in [5, 5.41) is 11.4. The highest BCUT2D eigenvalue weighted by Gasteiger charge is 2.45. The van der Waals surface area contributed by atoms with E-state index in [2.05, 4.69) is 5.32 Å². The minimum absolute atomic E-state index is 0.110. The van der Waals surface area contributed by atoms with Crippen molar-refractivity contribution in [3.05, 3.63) is 0 Å². The van der Waals surface area contributed by atoms with Crippen molar-refractivity contribution in [2.24, 2.45) is 11.1 Å². The molecule has 3 unspecified atom stereocenters. The first-order valence-electron chi connectivity index (χ1n) is 6.11. The van der Waals surface area contributed by atoms with E-state index < -0.39 is 39.2 Å². The van der Waals surface area contributed by atoms with Gasteiger partial charge in [-0.15, -0.1) is 0 Å². The smallest absolute Gasteiger partial charge is 0.326 e. The van der Waals surface area contributed by atoms with E-state index in [1.165, 1.54) is 0 Å². The zero-order chi connectivity index (χ0) is 15.6. The van der Waals surface area contributed by atoms with Crippen LogP contribution in [0.1, 0.15) is 13.3 Å². The average Bonchev–Trinajstić information content (AvgIpc) is 2.64. The molecule has 0 aromatic carbocycles. The van der Waals surface area contributed by atoms with Gasteiger partial charge in [-0.3, -0.25) is 4.79 Å². The van der Waals surface area contributed by atoms with E-state index in [1.54, 1.807) is 6.92 Å². The van der Waals surface area contributed by atoms with Gasteiger partial charge in [0, 0.05) is 12.3 Å². The summed E-state index contributed by atoms with van der Waals surface area (Å²) in [4.78, 5) is 23.2. The molecule has 1 saturated heterocycles. The Morgan fingerprint density at radius 1 is 1.55 bits per heavy atom. The molecule has 0 spiro atoms. The van der Waals surface area contributed by atoms with Crippen molar-refractivity contribution in [2.75, 3.05) is 25.2 Å². The van der Waals surface area contributed by atoms with E-state index >= 15 is 0 Å². The predicted molar refractivity (Wildman–Crippen MR) is 70.8 cm³/mol. The molecule has 0 aromatic heterocycles. The Morgan fingerprint density at radius 3 is 2.55 bits per heavy atom. The highest BCUT2D eigenvalue weighted by atomic mass is 32.2. The molecule has 0 radical (unpaired) electrons. The minimum Gasteiger partial charge on any atom is -0.480 e. The van der Waals surface area contributed by atoms with Crippen LogP contribution in [0, 0.1) is 5.41 Å². The van der Waals surface area contributed by atoms with E-state index in [9.17, 15) is 18.0 Å². The molecule has 1 aliphatic heterocycles. The first kappa shape index (κ1) is 16.9. The fraction of sp³-hybridized carbons (Fsp3) is 0.818. The van der Waals surface area contributed by atoms with Gasteiger partial charge in [0.2, 0.25) is 5.91 Å². The molecule has 9 heteroatoms. The molecular formula is C11H20N2O6S. The average molecular weight is 308 g/mol. The Balaban J connectivity index is 2.71. The highest BCUT2D eigenvalue weighted by molar-refractivity contribution is 7.90. The number of carboxylic acids is 1. The number of sulfone groups is 1. The Hall–Kier alpha value is -1.19. The third-order valence-corrected chi connectivity index (χ3v) is 4.39. The number of amides is 1. The molecule has 1 rings (SSSR count). The van der Waals surface area contributed by atoms with Crippen LogP contribution in [-0.4, -0.2) is 62.7 Å². The number of nitrogens with one attached hydrogen (secondary N) is 1. The molecule has 4 N–H and O–H groups in total. The maximum absolute atomic E-state index is 12.1. The molecule has 8 nitrogen and oxygen atoms in total. The third kappa shape index (κ3) is 4.15. The second kappa shape index (κ2) is 6.06. The molecule has 0 bridgehead atoms. The highest BCUT2D eigenvalue weighted by Crippen LogP contribution is 2.27. The monoisotopic (exact) mass is 308 g/mol. The molecule has 1 amide bonds. The van der Waals surface area contributed by atoms with Crippen molar-refractivity contribution in [3.8, 4) is 0 Å². The Morgan fingerprint density at radius 2 is 2.15 bits per heavy atom. The van der Waals surface area contributed by atoms with Crippen LogP contribution in [0.15, 0.2) is 0 Å². The normalized spacial score (nSPS) is 28.1. The van der Waals surface area contributed by atoms with Crippen LogP contribution < -0.4 is 11.1 Å². The number of hydrogen-bond acceptors (Lipinski definition) is 6. The lowest BCUT2D eigenvalue weighted by Crippen LogP contribution is -2.54. The fourth-order valence-electron chi connectivity index (χ4n) is 1.84. The van der Waals surface area contributed by atoms with Crippen LogP contribution in [0.5, 0.6) is 0 Å². The van der Waals surface area contributed by atoms with Gasteiger partial charge in [0.1, 0.15) is 15.9 Å². The van der Waals surface area contributed by atoms with Gasteiger partial charge in [-0.25, -0.2) is 13.2 Å². The third-order valence-electron chi connectivity index (χ3n) is 3.42. The maximum atomic E-state index is 12.1. The predicted octanol–water partition coefficient (Wildman–Crippen LogP) is -1.65. The topological polar surface area (TPSA) is 136 Å². The van der Waals surface area contributed by atoms with E-state index in [4.69, 9.17) is 15.6 Å². The van der Waals surface area contributed by atoms with Gasteiger partial charge in [-0.05, 0) is 13.3 Å². The van der Waals surface area contributed by atoms with Gasteiger partial charge in [0.15, 0.2) is 0 Å². The standard InChI is InChI=1S/C11H20N2O6S/c1-11(6-19-5-8(11)12)10(16)13-7(9(14)15)3-4-20(2,17)18/h7-8H,3-6,12H2,1-2H3,(H,13,16)(H,14,15). The molecule has 20 heavy (non-hydrogen) atoms. The fourth-order valence-corrected chi connectivity index (χ4v) is 2.50. The Labute approximate surface area is 117 Å². The van der Waals surface area contributed by atoms with Gasteiger partial charge in [-0.2, -0.15) is 0 Å². The summed E-state index contributed by atoms with van der Waals surface area (Å²) in [6, 6.07) is -1.78. The first-order valence-corrected chi connectivity index (χ1v) is 8.17. The van der Waals surface area contributed by atoms with E-state index in [0.29, 0.717) is 0 Å². The summed E-state index contributed by atoms with van der Waals surface area (Å²) >= 11 is 0. The van der Waals surface area contributed by atoms with Crippen LogP contribution in [0.4, 0.5) is 0 Å². The number of nitrogens with two attached hydrogens (primary N) is 1. The summed E-state index contributed by atoms with van der Waals surface area (Å²) in [6.45, 7) is 1.93. The van der Waals surface area contributed by atoms with Crippen LogP contribution >= 0.6 is 0 Å².